The molecule has 160 valence electrons. The number of nitrogens with zero attached hydrogens (tertiary/aromatic N) is 1. The quantitative estimate of drug-likeness (QED) is 0.638. The Balaban J connectivity index is 1.53. The topological polar surface area (TPSA) is 66.5 Å². The Morgan fingerprint density at radius 3 is 1.90 bits per heavy atom. The number of amides is 1. The Labute approximate surface area is 183 Å². The fourth-order valence-corrected chi connectivity index (χ4v) is 5.57. The van der Waals surface area contributed by atoms with Gasteiger partial charge in [-0.1, -0.05) is 78.9 Å². The first-order valence-electron chi connectivity index (χ1n) is 10.5. The first kappa shape index (κ1) is 21.3. The van der Waals surface area contributed by atoms with E-state index < -0.39 is 10.0 Å². The van der Waals surface area contributed by atoms with Crippen molar-refractivity contribution >= 4 is 15.9 Å². The SMILES string of the molecule is O=C(NC(c1ccccc1)c1ccccc1)C1CCCN(S(=O)(=O)c2ccccc2)C1. The van der Waals surface area contributed by atoms with Crippen LogP contribution in [-0.2, 0) is 14.8 Å². The normalized spacial score (nSPS) is 17.4. The highest BCUT2D eigenvalue weighted by atomic mass is 32.2. The van der Waals surface area contributed by atoms with E-state index in [0.29, 0.717) is 19.4 Å². The molecule has 0 saturated carbocycles. The van der Waals surface area contributed by atoms with Crippen LogP contribution in [0.4, 0.5) is 0 Å². The Bertz CT molecular complexity index is 1060. The molecule has 3 aromatic rings. The summed E-state index contributed by atoms with van der Waals surface area (Å²) in [5.41, 5.74) is 1.98. The van der Waals surface area contributed by atoms with Gasteiger partial charge in [0.1, 0.15) is 0 Å². The van der Waals surface area contributed by atoms with Crippen molar-refractivity contribution in [3.05, 3.63) is 102 Å². The van der Waals surface area contributed by atoms with E-state index in [1.54, 1.807) is 30.3 Å². The molecule has 0 radical (unpaired) electrons. The summed E-state index contributed by atoms with van der Waals surface area (Å²) in [7, 11) is -3.61. The number of piperidine rings is 1. The number of hydrogen-bond donors (Lipinski definition) is 1. The van der Waals surface area contributed by atoms with Gasteiger partial charge in [0, 0.05) is 13.1 Å². The number of sulfonamides is 1. The van der Waals surface area contributed by atoms with Crippen molar-refractivity contribution < 1.29 is 13.2 Å². The molecule has 1 heterocycles. The fraction of sp³-hybridized carbons (Fsp3) is 0.240. The van der Waals surface area contributed by atoms with Gasteiger partial charge in [-0.2, -0.15) is 4.31 Å². The van der Waals surface area contributed by atoms with Crippen LogP contribution in [0, 0.1) is 5.92 Å². The lowest BCUT2D eigenvalue weighted by molar-refractivity contribution is -0.126. The third kappa shape index (κ3) is 4.86. The Morgan fingerprint density at radius 2 is 1.35 bits per heavy atom. The lowest BCUT2D eigenvalue weighted by atomic mass is 9.95. The first-order valence-corrected chi connectivity index (χ1v) is 11.9. The second-order valence-corrected chi connectivity index (χ2v) is 9.72. The van der Waals surface area contributed by atoms with Gasteiger partial charge < -0.3 is 5.32 Å². The van der Waals surface area contributed by atoms with Crippen LogP contribution in [0.1, 0.15) is 30.0 Å². The van der Waals surface area contributed by atoms with Gasteiger partial charge in [0.2, 0.25) is 15.9 Å². The molecule has 1 fully saturated rings. The van der Waals surface area contributed by atoms with E-state index in [1.807, 2.05) is 60.7 Å². The van der Waals surface area contributed by atoms with Crippen LogP contribution in [0.2, 0.25) is 0 Å². The van der Waals surface area contributed by atoms with Gasteiger partial charge >= 0.3 is 0 Å². The average Bonchev–Trinajstić information content (AvgIpc) is 2.84. The molecule has 4 rings (SSSR count). The maximum atomic E-state index is 13.2. The summed E-state index contributed by atoms with van der Waals surface area (Å²) in [6.45, 7) is 0.626. The fourth-order valence-electron chi connectivity index (χ4n) is 4.03. The molecule has 1 saturated heterocycles. The molecule has 0 aliphatic carbocycles. The average molecular weight is 435 g/mol. The molecule has 31 heavy (non-hydrogen) atoms. The Kier molecular flexibility index (Phi) is 6.49. The summed E-state index contributed by atoms with van der Waals surface area (Å²) in [5, 5.41) is 3.17. The van der Waals surface area contributed by atoms with Crippen LogP contribution < -0.4 is 5.32 Å². The molecule has 1 amide bonds. The number of benzene rings is 3. The standard InChI is InChI=1S/C25H26N2O3S/c28-25(26-24(20-11-4-1-5-12-20)21-13-6-2-7-14-21)22-15-10-18-27(19-22)31(29,30)23-16-8-3-9-17-23/h1-9,11-14,16-17,22,24H,10,15,18-19H2,(H,26,28). The van der Waals surface area contributed by atoms with Gasteiger partial charge in [-0.05, 0) is 36.1 Å². The van der Waals surface area contributed by atoms with Crippen LogP contribution in [0.15, 0.2) is 95.9 Å². The smallest absolute Gasteiger partial charge is 0.243 e. The number of hydrogen-bond acceptors (Lipinski definition) is 3. The van der Waals surface area contributed by atoms with E-state index in [0.717, 1.165) is 11.1 Å². The number of carbonyl (C=O) groups is 1. The molecular formula is C25H26N2O3S. The Hall–Kier alpha value is -2.96. The molecule has 3 aromatic carbocycles. The summed E-state index contributed by atoms with van der Waals surface area (Å²) in [5.74, 6) is -0.507. The summed E-state index contributed by atoms with van der Waals surface area (Å²) in [4.78, 5) is 13.5. The first-order chi connectivity index (χ1) is 15.1. The molecule has 0 aromatic heterocycles. The zero-order chi connectivity index (χ0) is 21.7. The minimum atomic E-state index is -3.61. The van der Waals surface area contributed by atoms with Gasteiger partial charge in [0.25, 0.3) is 0 Å². The highest BCUT2D eigenvalue weighted by molar-refractivity contribution is 7.89. The van der Waals surface area contributed by atoms with Crippen LogP contribution in [0.5, 0.6) is 0 Å². The largest absolute Gasteiger partial charge is 0.345 e. The van der Waals surface area contributed by atoms with Crippen LogP contribution in [0.3, 0.4) is 0 Å². The lowest BCUT2D eigenvalue weighted by Crippen LogP contribution is -2.46. The molecule has 1 N–H and O–H groups in total. The van der Waals surface area contributed by atoms with Crippen LogP contribution >= 0.6 is 0 Å². The van der Waals surface area contributed by atoms with Crippen molar-refractivity contribution in [3.8, 4) is 0 Å². The van der Waals surface area contributed by atoms with Crippen molar-refractivity contribution in [1.82, 2.24) is 9.62 Å². The second-order valence-electron chi connectivity index (χ2n) is 7.78. The minimum Gasteiger partial charge on any atom is -0.345 e. The molecule has 6 heteroatoms. The number of nitrogens with one attached hydrogen (secondary N) is 1. The zero-order valence-electron chi connectivity index (χ0n) is 17.2. The van der Waals surface area contributed by atoms with Crippen molar-refractivity contribution in [2.75, 3.05) is 13.1 Å². The molecule has 1 aliphatic heterocycles. The van der Waals surface area contributed by atoms with E-state index in [-0.39, 0.29) is 29.3 Å². The predicted octanol–water partition coefficient (Wildman–Crippen LogP) is 3.99. The molecule has 0 spiro atoms. The maximum Gasteiger partial charge on any atom is 0.243 e. The van der Waals surface area contributed by atoms with Crippen LogP contribution in [-0.4, -0.2) is 31.7 Å². The molecule has 5 nitrogen and oxygen atoms in total. The second kappa shape index (κ2) is 9.45. The third-order valence-electron chi connectivity index (χ3n) is 5.69. The van der Waals surface area contributed by atoms with E-state index in [2.05, 4.69) is 5.32 Å². The predicted molar refractivity (Wildman–Crippen MR) is 121 cm³/mol. The van der Waals surface area contributed by atoms with Gasteiger partial charge in [0.15, 0.2) is 0 Å². The van der Waals surface area contributed by atoms with E-state index in [4.69, 9.17) is 0 Å². The van der Waals surface area contributed by atoms with Crippen molar-refractivity contribution in [3.63, 3.8) is 0 Å². The zero-order valence-corrected chi connectivity index (χ0v) is 18.0. The maximum absolute atomic E-state index is 13.2. The number of carbonyl (C=O) groups excluding carboxylic acids is 1. The van der Waals surface area contributed by atoms with Crippen LogP contribution in [0.25, 0.3) is 0 Å². The van der Waals surface area contributed by atoms with Gasteiger partial charge in [-0.3, -0.25) is 4.79 Å². The summed E-state index contributed by atoms with van der Waals surface area (Å²) < 4.78 is 27.5. The lowest BCUT2D eigenvalue weighted by Gasteiger charge is -2.32. The summed E-state index contributed by atoms with van der Waals surface area (Å²) >= 11 is 0. The van der Waals surface area contributed by atoms with E-state index >= 15 is 0 Å². The molecular weight excluding hydrogens is 408 g/mol. The molecule has 1 aliphatic rings. The highest BCUT2D eigenvalue weighted by Gasteiger charge is 2.34. The summed E-state index contributed by atoms with van der Waals surface area (Å²) in [6, 6.07) is 27.8. The Morgan fingerprint density at radius 1 is 0.839 bits per heavy atom. The third-order valence-corrected chi connectivity index (χ3v) is 7.57. The van der Waals surface area contributed by atoms with Gasteiger partial charge in [0.05, 0.1) is 16.9 Å². The monoisotopic (exact) mass is 434 g/mol. The minimum absolute atomic E-state index is 0.120. The van der Waals surface area contributed by atoms with E-state index in [1.165, 1.54) is 4.31 Å². The van der Waals surface area contributed by atoms with Crippen molar-refractivity contribution in [2.45, 2.75) is 23.8 Å². The van der Waals surface area contributed by atoms with Gasteiger partial charge in [-0.25, -0.2) is 8.42 Å². The summed E-state index contributed by atoms with van der Waals surface area (Å²) in [6.07, 6.45) is 1.33. The van der Waals surface area contributed by atoms with Gasteiger partial charge in [-0.15, -0.1) is 0 Å². The highest BCUT2D eigenvalue weighted by Crippen LogP contribution is 2.26. The van der Waals surface area contributed by atoms with Crippen molar-refractivity contribution in [1.29, 1.82) is 0 Å². The molecule has 1 unspecified atom stereocenters. The molecule has 1 atom stereocenters. The van der Waals surface area contributed by atoms with E-state index in [9.17, 15) is 13.2 Å². The van der Waals surface area contributed by atoms with Crippen molar-refractivity contribution in [2.24, 2.45) is 5.92 Å². The number of rotatable bonds is 6. The molecule has 0 bridgehead atoms.